The van der Waals surface area contributed by atoms with Gasteiger partial charge in [-0.05, 0) is 60.6 Å². The summed E-state index contributed by atoms with van der Waals surface area (Å²) in [6, 6.07) is 13.1. The number of hydrogen-bond acceptors (Lipinski definition) is 1. The maximum absolute atomic E-state index is 5.86. The molecule has 0 aliphatic heterocycles. The van der Waals surface area contributed by atoms with E-state index in [4.69, 9.17) is 5.73 Å². The molecular weight excluding hydrogens is 206 g/mol. The van der Waals surface area contributed by atoms with Crippen molar-refractivity contribution in [3.05, 3.63) is 64.2 Å². The lowest BCUT2D eigenvalue weighted by atomic mass is 9.98. The molecule has 0 saturated carbocycles. The number of anilines is 1. The van der Waals surface area contributed by atoms with Crippen LogP contribution in [0.2, 0.25) is 0 Å². The van der Waals surface area contributed by atoms with Gasteiger partial charge in [0.2, 0.25) is 0 Å². The van der Waals surface area contributed by atoms with Crippen LogP contribution >= 0.6 is 0 Å². The molecule has 0 radical (unpaired) electrons. The zero-order valence-corrected chi connectivity index (χ0v) is 10.2. The number of nitrogen functional groups attached to an aromatic ring is 1. The highest BCUT2D eigenvalue weighted by atomic mass is 14.5. The molecule has 0 fully saturated rings. The minimum Gasteiger partial charge on any atom is -0.399 e. The zero-order chi connectivity index (χ0) is 11.8. The molecule has 1 nitrogen and oxygen atoms in total. The topological polar surface area (TPSA) is 26.0 Å². The highest BCUT2D eigenvalue weighted by Crippen LogP contribution is 2.26. The Bertz CT molecular complexity index is 570. The van der Waals surface area contributed by atoms with E-state index in [1.165, 1.54) is 27.8 Å². The second kappa shape index (κ2) is 3.92. The molecule has 0 bridgehead atoms. The van der Waals surface area contributed by atoms with Crippen molar-refractivity contribution in [1.82, 2.24) is 0 Å². The van der Waals surface area contributed by atoms with Gasteiger partial charge in [0, 0.05) is 5.69 Å². The maximum atomic E-state index is 5.86. The third-order valence-electron chi connectivity index (χ3n) is 3.64. The Labute approximate surface area is 102 Å². The van der Waals surface area contributed by atoms with E-state index < -0.39 is 0 Å². The van der Waals surface area contributed by atoms with Crippen molar-refractivity contribution in [1.29, 1.82) is 0 Å². The molecule has 1 aliphatic rings. The minimum absolute atomic E-state index is 0.880. The SMILES string of the molecule is Cc1ccc2c(c1)Cc1ccc(N)cc1CC2. The summed E-state index contributed by atoms with van der Waals surface area (Å²) in [5, 5.41) is 0. The van der Waals surface area contributed by atoms with E-state index in [1.807, 2.05) is 6.07 Å². The van der Waals surface area contributed by atoms with E-state index in [1.54, 1.807) is 0 Å². The Hall–Kier alpha value is -1.76. The predicted molar refractivity (Wildman–Crippen MR) is 72.2 cm³/mol. The van der Waals surface area contributed by atoms with Gasteiger partial charge in [-0.2, -0.15) is 0 Å². The van der Waals surface area contributed by atoms with Crippen LogP contribution in [0.15, 0.2) is 36.4 Å². The fraction of sp³-hybridized carbons (Fsp3) is 0.250. The largest absolute Gasteiger partial charge is 0.399 e. The molecule has 0 amide bonds. The van der Waals surface area contributed by atoms with Gasteiger partial charge in [-0.15, -0.1) is 0 Å². The summed E-state index contributed by atoms with van der Waals surface area (Å²) in [5.41, 5.74) is 13.9. The summed E-state index contributed by atoms with van der Waals surface area (Å²) in [6.07, 6.45) is 3.29. The normalized spacial score (nSPS) is 13.7. The lowest BCUT2D eigenvalue weighted by molar-refractivity contribution is 0.965. The van der Waals surface area contributed by atoms with Gasteiger partial charge >= 0.3 is 0 Å². The van der Waals surface area contributed by atoms with Crippen molar-refractivity contribution in [2.45, 2.75) is 26.2 Å². The molecule has 0 atom stereocenters. The summed E-state index contributed by atoms with van der Waals surface area (Å²) < 4.78 is 0. The molecule has 2 N–H and O–H groups in total. The number of hydrogen-bond donors (Lipinski definition) is 1. The molecule has 2 aromatic rings. The Morgan fingerprint density at radius 3 is 2.47 bits per heavy atom. The van der Waals surface area contributed by atoms with Crippen LogP contribution in [0, 0.1) is 6.92 Å². The number of rotatable bonds is 0. The summed E-state index contributed by atoms with van der Waals surface area (Å²) >= 11 is 0. The molecule has 3 rings (SSSR count). The summed E-state index contributed by atoms with van der Waals surface area (Å²) in [4.78, 5) is 0. The zero-order valence-electron chi connectivity index (χ0n) is 10.2. The summed E-state index contributed by atoms with van der Waals surface area (Å²) in [5.74, 6) is 0. The van der Waals surface area contributed by atoms with E-state index in [0.29, 0.717) is 0 Å². The smallest absolute Gasteiger partial charge is 0.0316 e. The molecule has 1 aliphatic carbocycles. The van der Waals surface area contributed by atoms with Crippen molar-refractivity contribution in [2.24, 2.45) is 0 Å². The number of nitrogens with two attached hydrogens (primary N) is 1. The third-order valence-corrected chi connectivity index (χ3v) is 3.64. The molecule has 86 valence electrons. The van der Waals surface area contributed by atoms with Crippen LogP contribution in [0.25, 0.3) is 0 Å². The Kier molecular flexibility index (Phi) is 2.40. The standard InChI is InChI=1S/C16H17N/c1-11-2-3-12-4-5-14-10-16(17)7-6-13(14)9-15(12)8-11/h2-3,6-8,10H,4-5,9,17H2,1H3. The van der Waals surface area contributed by atoms with Gasteiger partial charge in [-0.25, -0.2) is 0 Å². The second-order valence-electron chi connectivity index (χ2n) is 4.98. The lowest BCUT2D eigenvalue weighted by Crippen LogP contribution is -1.95. The van der Waals surface area contributed by atoms with Crippen LogP contribution in [0.4, 0.5) is 5.69 Å². The van der Waals surface area contributed by atoms with Gasteiger partial charge in [0.05, 0.1) is 0 Å². The Morgan fingerprint density at radius 2 is 1.59 bits per heavy atom. The highest BCUT2D eigenvalue weighted by molar-refractivity contribution is 5.49. The summed E-state index contributed by atoms with van der Waals surface area (Å²) in [7, 11) is 0. The van der Waals surface area contributed by atoms with Gasteiger partial charge in [-0.1, -0.05) is 29.8 Å². The Balaban J connectivity index is 2.08. The molecule has 0 aromatic heterocycles. The van der Waals surface area contributed by atoms with Crippen LogP contribution in [0.1, 0.15) is 27.8 Å². The highest BCUT2D eigenvalue weighted by Gasteiger charge is 2.13. The van der Waals surface area contributed by atoms with Gasteiger partial charge in [-0.3, -0.25) is 0 Å². The number of aryl methyl sites for hydroxylation is 3. The van der Waals surface area contributed by atoms with Crippen molar-refractivity contribution >= 4 is 5.69 Å². The van der Waals surface area contributed by atoms with Crippen LogP contribution in [-0.4, -0.2) is 0 Å². The predicted octanol–water partition coefficient (Wildman–Crippen LogP) is 3.27. The van der Waals surface area contributed by atoms with Crippen LogP contribution < -0.4 is 5.73 Å². The van der Waals surface area contributed by atoms with E-state index in [9.17, 15) is 0 Å². The average Bonchev–Trinajstić information content (AvgIpc) is 2.47. The first-order chi connectivity index (χ1) is 8.22. The second-order valence-corrected chi connectivity index (χ2v) is 4.98. The molecule has 0 spiro atoms. The maximum Gasteiger partial charge on any atom is 0.0316 e. The molecular formula is C16H17N. The van der Waals surface area contributed by atoms with Crippen LogP contribution in [-0.2, 0) is 19.3 Å². The van der Waals surface area contributed by atoms with Gasteiger partial charge < -0.3 is 5.73 Å². The first-order valence-electron chi connectivity index (χ1n) is 6.18. The number of benzene rings is 2. The molecule has 2 aromatic carbocycles. The van der Waals surface area contributed by atoms with Crippen molar-refractivity contribution in [3.63, 3.8) is 0 Å². The van der Waals surface area contributed by atoms with E-state index in [2.05, 4.69) is 37.3 Å². The van der Waals surface area contributed by atoms with Crippen LogP contribution in [0.3, 0.4) is 0 Å². The third kappa shape index (κ3) is 1.93. The fourth-order valence-corrected chi connectivity index (χ4v) is 2.69. The van der Waals surface area contributed by atoms with Gasteiger partial charge in [0.15, 0.2) is 0 Å². The molecule has 0 saturated heterocycles. The van der Waals surface area contributed by atoms with E-state index >= 15 is 0 Å². The van der Waals surface area contributed by atoms with Crippen molar-refractivity contribution in [2.75, 3.05) is 5.73 Å². The van der Waals surface area contributed by atoms with Gasteiger partial charge in [0.25, 0.3) is 0 Å². The average molecular weight is 223 g/mol. The van der Waals surface area contributed by atoms with Crippen molar-refractivity contribution in [3.8, 4) is 0 Å². The minimum atomic E-state index is 0.880. The molecule has 0 unspecified atom stereocenters. The van der Waals surface area contributed by atoms with Crippen molar-refractivity contribution < 1.29 is 0 Å². The number of fused-ring (bicyclic) bond motifs is 2. The quantitative estimate of drug-likeness (QED) is 0.682. The van der Waals surface area contributed by atoms with Crippen LogP contribution in [0.5, 0.6) is 0 Å². The molecule has 17 heavy (non-hydrogen) atoms. The lowest BCUT2D eigenvalue weighted by Gasteiger charge is -2.07. The molecule has 0 heterocycles. The molecule has 1 heteroatoms. The van der Waals surface area contributed by atoms with Gasteiger partial charge in [0.1, 0.15) is 0 Å². The first-order valence-corrected chi connectivity index (χ1v) is 6.18. The first kappa shape index (κ1) is 10.4. The summed E-state index contributed by atoms with van der Waals surface area (Å²) in [6.45, 7) is 2.16. The Morgan fingerprint density at radius 1 is 0.824 bits per heavy atom. The monoisotopic (exact) mass is 223 g/mol. The van der Waals surface area contributed by atoms with E-state index in [-0.39, 0.29) is 0 Å². The fourth-order valence-electron chi connectivity index (χ4n) is 2.69. The van der Waals surface area contributed by atoms with E-state index in [0.717, 1.165) is 24.9 Å².